The molecule has 0 bridgehead atoms. The van der Waals surface area contributed by atoms with Crippen LogP contribution < -0.4 is 0 Å². The van der Waals surface area contributed by atoms with Crippen molar-refractivity contribution in [2.75, 3.05) is 13.7 Å². The highest BCUT2D eigenvalue weighted by atomic mass is 16.5. The molecule has 0 aliphatic carbocycles. The van der Waals surface area contributed by atoms with Gasteiger partial charge in [0.2, 0.25) is 0 Å². The number of esters is 1. The molecule has 126 valence electrons. The van der Waals surface area contributed by atoms with Gasteiger partial charge in [0.25, 0.3) is 0 Å². The molecule has 0 aromatic heterocycles. The third-order valence-corrected chi connectivity index (χ3v) is 4.05. The van der Waals surface area contributed by atoms with Crippen LogP contribution >= 0.6 is 0 Å². The fraction of sp³-hybridized carbons (Fsp3) is 0.632. The largest absolute Gasteiger partial charge is 0.468 e. The summed E-state index contributed by atoms with van der Waals surface area (Å²) in [7, 11) is 1.44. The number of methoxy groups -OCH3 is 1. The Kier molecular flexibility index (Phi) is 9.75. The van der Waals surface area contributed by atoms with Crippen molar-refractivity contribution in [1.82, 2.24) is 0 Å². The molecule has 2 atom stereocenters. The molecule has 1 rings (SSSR count). The average molecular weight is 308 g/mol. The third kappa shape index (κ3) is 5.80. The molecule has 0 saturated carbocycles. The van der Waals surface area contributed by atoms with E-state index in [0.29, 0.717) is 5.92 Å². The number of carbonyl (C=O) groups is 1. The fourth-order valence-corrected chi connectivity index (χ4v) is 2.48. The summed E-state index contributed by atoms with van der Waals surface area (Å²) in [6.45, 7) is 10.3. The Labute approximate surface area is 135 Å². The van der Waals surface area contributed by atoms with Crippen LogP contribution in [0.1, 0.15) is 58.1 Å². The second-order valence-corrected chi connectivity index (χ2v) is 5.85. The van der Waals surface area contributed by atoms with Crippen LogP contribution in [-0.4, -0.2) is 24.8 Å². The Hall–Kier alpha value is -1.35. The zero-order valence-corrected chi connectivity index (χ0v) is 15.0. The Morgan fingerprint density at radius 2 is 1.95 bits per heavy atom. The Morgan fingerprint density at radius 3 is 2.45 bits per heavy atom. The first kappa shape index (κ1) is 20.6. The molecule has 0 aliphatic heterocycles. The lowest BCUT2D eigenvalue weighted by Gasteiger charge is -2.28. The number of benzene rings is 1. The number of ether oxygens (including phenoxy) is 1. The van der Waals surface area contributed by atoms with Crippen molar-refractivity contribution in [3.8, 4) is 0 Å². The molecule has 0 radical (unpaired) electrons. The lowest BCUT2D eigenvalue weighted by Crippen LogP contribution is -2.34. The quantitative estimate of drug-likeness (QED) is 0.766. The van der Waals surface area contributed by atoms with Crippen molar-refractivity contribution in [3.05, 3.63) is 35.4 Å². The lowest BCUT2D eigenvalue weighted by atomic mass is 9.76. The molecule has 1 aromatic rings. The minimum Gasteiger partial charge on any atom is -0.468 e. The SMILES string of the molecule is CC.COC(=O)C(C)(CCC(C)CCO)c1cccc(C)c1. The summed E-state index contributed by atoms with van der Waals surface area (Å²) in [6.07, 6.45) is 2.38. The second kappa shape index (κ2) is 10.4. The first-order valence-electron chi connectivity index (χ1n) is 8.20. The standard InChI is InChI=1S/C17H26O3.C2H6/c1-13(9-11-18)8-10-17(3,16(19)20-4)15-7-5-6-14(2)12-15;1-2/h5-7,12-13,18H,8-11H2,1-4H3;1-2H3. The summed E-state index contributed by atoms with van der Waals surface area (Å²) in [6, 6.07) is 8.03. The Morgan fingerprint density at radius 1 is 1.32 bits per heavy atom. The van der Waals surface area contributed by atoms with Crippen LogP contribution in [0.25, 0.3) is 0 Å². The molecule has 3 nitrogen and oxygen atoms in total. The molecule has 0 aliphatic rings. The van der Waals surface area contributed by atoms with Crippen LogP contribution in [0.4, 0.5) is 0 Å². The number of hydrogen-bond acceptors (Lipinski definition) is 3. The Balaban J connectivity index is 0.00000211. The van der Waals surface area contributed by atoms with E-state index in [4.69, 9.17) is 9.84 Å². The van der Waals surface area contributed by atoms with Gasteiger partial charge in [-0.2, -0.15) is 0 Å². The van der Waals surface area contributed by atoms with E-state index in [1.807, 2.05) is 52.0 Å². The van der Waals surface area contributed by atoms with E-state index in [-0.39, 0.29) is 12.6 Å². The number of rotatable bonds is 7. The van der Waals surface area contributed by atoms with Crippen molar-refractivity contribution in [2.45, 2.75) is 59.3 Å². The maximum Gasteiger partial charge on any atom is 0.315 e. The second-order valence-electron chi connectivity index (χ2n) is 5.85. The maximum atomic E-state index is 12.2. The molecule has 3 heteroatoms. The number of aryl methyl sites for hydroxylation is 1. The van der Waals surface area contributed by atoms with Crippen molar-refractivity contribution < 1.29 is 14.6 Å². The van der Waals surface area contributed by atoms with Gasteiger partial charge in [0, 0.05) is 6.61 Å². The van der Waals surface area contributed by atoms with Crippen molar-refractivity contribution >= 4 is 5.97 Å². The van der Waals surface area contributed by atoms with E-state index in [1.165, 1.54) is 7.11 Å². The molecule has 0 fully saturated rings. The van der Waals surface area contributed by atoms with Crippen LogP contribution in [0.5, 0.6) is 0 Å². The van der Waals surface area contributed by atoms with Crippen LogP contribution in [-0.2, 0) is 14.9 Å². The summed E-state index contributed by atoms with van der Waals surface area (Å²) in [5.74, 6) is 0.202. The first-order chi connectivity index (χ1) is 10.4. The van der Waals surface area contributed by atoms with Crippen LogP contribution in [0.15, 0.2) is 24.3 Å². The number of aliphatic hydroxyl groups excluding tert-OH is 1. The normalized spacial score (nSPS) is 14.3. The van der Waals surface area contributed by atoms with Gasteiger partial charge < -0.3 is 9.84 Å². The molecule has 1 aromatic carbocycles. The van der Waals surface area contributed by atoms with Crippen molar-refractivity contribution in [3.63, 3.8) is 0 Å². The van der Waals surface area contributed by atoms with Gasteiger partial charge >= 0.3 is 5.97 Å². The van der Waals surface area contributed by atoms with Crippen molar-refractivity contribution in [1.29, 1.82) is 0 Å². The molecule has 0 saturated heterocycles. The highest BCUT2D eigenvalue weighted by Crippen LogP contribution is 2.33. The molecular formula is C19H32O3. The topological polar surface area (TPSA) is 46.5 Å². The van der Waals surface area contributed by atoms with Gasteiger partial charge in [0.05, 0.1) is 12.5 Å². The summed E-state index contributed by atoms with van der Waals surface area (Å²) in [5, 5.41) is 8.98. The van der Waals surface area contributed by atoms with E-state index in [0.717, 1.165) is 30.4 Å². The molecule has 0 heterocycles. The molecule has 0 spiro atoms. The first-order valence-corrected chi connectivity index (χ1v) is 8.20. The van der Waals surface area contributed by atoms with Gasteiger partial charge in [-0.3, -0.25) is 4.79 Å². The molecule has 2 unspecified atom stereocenters. The smallest absolute Gasteiger partial charge is 0.315 e. The fourth-order valence-electron chi connectivity index (χ4n) is 2.48. The van der Waals surface area contributed by atoms with E-state index in [1.54, 1.807) is 0 Å². The van der Waals surface area contributed by atoms with Crippen molar-refractivity contribution in [2.24, 2.45) is 5.92 Å². The maximum absolute atomic E-state index is 12.2. The predicted molar refractivity (Wildman–Crippen MR) is 92.0 cm³/mol. The summed E-state index contributed by atoms with van der Waals surface area (Å²) in [4.78, 5) is 12.2. The minimum atomic E-state index is -0.621. The number of carbonyl (C=O) groups excluding carboxylic acids is 1. The van der Waals surface area contributed by atoms with Gasteiger partial charge in [-0.15, -0.1) is 0 Å². The lowest BCUT2D eigenvalue weighted by molar-refractivity contribution is -0.147. The molecule has 0 amide bonds. The highest BCUT2D eigenvalue weighted by molar-refractivity contribution is 5.82. The van der Waals surface area contributed by atoms with E-state index in [2.05, 4.69) is 6.92 Å². The predicted octanol–water partition coefficient (Wildman–Crippen LogP) is 4.25. The minimum absolute atomic E-state index is 0.195. The number of aliphatic hydroxyl groups is 1. The molecule has 1 N–H and O–H groups in total. The van der Waals surface area contributed by atoms with E-state index < -0.39 is 5.41 Å². The summed E-state index contributed by atoms with van der Waals surface area (Å²) >= 11 is 0. The van der Waals surface area contributed by atoms with Gasteiger partial charge in [-0.25, -0.2) is 0 Å². The van der Waals surface area contributed by atoms with E-state index in [9.17, 15) is 4.79 Å². The number of hydrogen-bond donors (Lipinski definition) is 1. The highest BCUT2D eigenvalue weighted by Gasteiger charge is 2.36. The van der Waals surface area contributed by atoms with Gasteiger partial charge in [-0.1, -0.05) is 50.6 Å². The van der Waals surface area contributed by atoms with Gasteiger partial charge in [0.1, 0.15) is 0 Å². The van der Waals surface area contributed by atoms with Crippen LogP contribution in [0, 0.1) is 12.8 Å². The van der Waals surface area contributed by atoms with Crippen LogP contribution in [0.3, 0.4) is 0 Å². The van der Waals surface area contributed by atoms with Gasteiger partial charge in [-0.05, 0) is 44.6 Å². The average Bonchev–Trinajstić information content (AvgIpc) is 2.54. The summed E-state index contributed by atoms with van der Waals surface area (Å²) in [5.41, 5.74) is 1.52. The Bertz CT molecular complexity index is 442. The van der Waals surface area contributed by atoms with E-state index >= 15 is 0 Å². The third-order valence-electron chi connectivity index (χ3n) is 4.05. The summed E-state index contributed by atoms with van der Waals surface area (Å²) < 4.78 is 5.01. The van der Waals surface area contributed by atoms with Crippen LogP contribution in [0.2, 0.25) is 0 Å². The zero-order valence-electron chi connectivity index (χ0n) is 15.0. The van der Waals surface area contributed by atoms with Gasteiger partial charge in [0.15, 0.2) is 0 Å². The monoisotopic (exact) mass is 308 g/mol. The molecule has 22 heavy (non-hydrogen) atoms. The zero-order chi connectivity index (χ0) is 17.2. The molecular weight excluding hydrogens is 276 g/mol.